The number of amides is 3. The van der Waals surface area contributed by atoms with E-state index in [2.05, 4.69) is 16.0 Å². The topological polar surface area (TPSA) is 115 Å². The first-order valence-corrected chi connectivity index (χ1v) is 15.1. The lowest BCUT2D eigenvalue weighted by Gasteiger charge is -2.15. The van der Waals surface area contributed by atoms with Crippen molar-refractivity contribution in [3.05, 3.63) is 114 Å². The van der Waals surface area contributed by atoms with Crippen LogP contribution in [-0.2, 0) is 9.59 Å². The maximum absolute atomic E-state index is 13.5. The van der Waals surface area contributed by atoms with Crippen LogP contribution in [0.3, 0.4) is 0 Å². The third-order valence-electron chi connectivity index (χ3n) is 6.49. The Labute approximate surface area is 267 Å². The molecule has 0 saturated carbocycles. The first-order chi connectivity index (χ1) is 21.8. The molecule has 10 heteroatoms. The van der Waals surface area contributed by atoms with E-state index >= 15 is 0 Å². The summed E-state index contributed by atoms with van der Waals surface area (Å²) in [5, 5.41) is 8.11. The van der Waals surface area contributed by atoms with Crippen molar-refractivity contribution in [2.24, 2.45) is 0 Å². The lowest BCUT2D eigenvalue weighted by Crippen LogP contribution is -2.30. The van der Waals surface area contributed by atoms with E-state index in [9.17, 15) is 14.4 Å². The number of rotatable bonds is 13. The Balaban J connectivity index is 1.46. The molecule has 1 unspecified atom stereocenters. The molecule has 0 bridgehead atoms. The molecule has 1 atom stereocenters. The van der Waals surface area contributed by atoms with Gasteiger partial charge < -0.3 is 30.2 Å². The first kappa shape index (κ1) is 32.7. The number of anilines is 2. The van der Waals surface area contributed by atoms with Gasteiger partial charge in [0.2, 0.25) is 5.91 Å². The van der Waals surface area contributed by atoms with Gasteiger partial charge in [0, 0.05) is 27.4 Å². The molecule has 0 heterocycles. The van der Waals surface area contributed by atoms with E-state index < -0.39 is 11.8 Å². The fourth-order valence-electron chi connectivity index (χ4n) is 4.24. The van der Waals surface area contributed by atoms with Crippen LogP contribution in [0.15, 0.2) is 108 Å². The highest BCUT2D eigenvalue weighted by Crippen LogP contribution is 2.32. The van der Waals surface area contributed by atoms with Gasteiger partial charge in [-0.2, -0.15) is 0 Å². The minimum absolute atomic E-state index is 0.00782. The maximum atomic E-state index is 13.5. The number of para-hydroxylation sites is 1. The molecule has 9 nitrogen and oxygen atoms in total. The van der Waals surface area contributed by atoms with Gasteiger partial charge in [-0.05, 0) is 86.7 Å². The van der Waals surface area contributed by atoms with E-state index in [-0.39, 0.29) is 16.9 Å². The van der Waals surface area contributed by atoms with Gasteiger partial charge in [0.25, 0.3) is 11.8 Å². The van der Waals surface area contributed by atoms with Crippen molar-refractivity contribution >= 4 is 46.9 Å². The highest BCUT2D eigenvalue weighted by atomic mass is 32.2. The first-order valence-electron chi connectivity index (χ1n) is 14.2. The van der Waals surface area contributed by atoms with Crippen molar-refractivity contribution in [2.75, 3.05) is 31.5 Å². The van der Waals surface area contributed by atoms with Gasteiger partial charge >= 0.3 is 0 Å². The van der Waals surface area contributed by atoms with E-state index in [1.165, 1.54) is 32.1 Å². The second-order valence-electron chi connectivity index (χ2n) is 9.65. The van der Waals surface area contributed by atoms with Crippen LogP contribution in [0.1, 0.15) is 29.8 Å². The van der Waals surface area contributed by atoms with Crippen LogP contribution < -0.4 is 30.2 Å². The van der Waals surface area contributed by atoms with Gasteiger partial charge in [-0.15, -0.1) is 11.8 Å². The monoisotopic (exact) mass is 625 g/mol. The predicted molar refractivity (Wildman–Crippen MR) is 178 cm³/mol. The molecule has 0 aliphatic heterocycles. The highest BCUT2D eigenvalue weighted by Gasteiger charge is 2.18. The van der Waals surface area contributed by atoms with E-state index in [1.54, 1.807) is 72.8 Å². The van der Waals surface area contributed by atoms with Crippen LogP contribution in [0.2, 0.25) is 0 Å². The Bertz CT molecular complexity index is 1640. The number of thioether (sulfide) groups is 1. The molecule has 4 rings (SSSR count). The van der Waals surface area contributed by atoms with E-state index in [4.69, 9.17) is 14.2 Å². The average molecular weight is 626 g/mol. The van der Waals surface area contributed by atoms with Crippen LogP contribution in [0.5, 0.6) is 17.2 Å². The van der Waals surface area contributed by atoms with Crippen molar-refractivity contribution in [1.29, 1.82) is 0 Å². The molecule has 0 fully saturated rings. The summed E-state index contributed by atoms with van der Waals surface area (Å²) < 4.78 is 16.3. The summed E-state index contributed by atoms with van der Waals surface area (Å²) in [6.45, 7) is 4.31. The lowest BCUT2D eigenvalue weighted by molar-refractivity contribution is -0.115. The van der Waals surface area contributed by atoms with Gasteiger partial charge in [-0.1, -0.05) is 30.3 Å². The third-order valence-corrected chi connectivity index (χ3v) is 7.60. The van der Waals surface area contributed by atoms with Crippen LogP contribution >= 0.6 is 11.8 Å². The number of methoxy groups -OCH3 is 2. The molecule has 232 valence electrons. The summed E-state index contributed by atoms with van der Waals surface area (Å²) in [6.07, 6.45) is 1.53. The SMILES string of the molecule is CCOc1ccc(NC(=O)C(C)Sc2ccc(NC(=O)/C(=C/c3cccc(OC)c3OC)NC(=O)c3ccccc3)cc2)cc1. The molecule has 0 aliphatic carbocycles. The van der Waals surface area contributed by atoms with E-state index in [1.807, 2.05) is 38.1 Å². The Hall–Kier alpha value is -5.22. The Kier molecular flexibility index (Phi) is 11.6. The molecule has 45 heavy (non-hydrogen) atoms. The molecule has 0 aromatic heterocycles. The number of hydrogen-bond acceptors (Lipinski definition) is 7. The second kappa shape index (κ2) is 16.0. The fourth-order valence-corrected chi connectivity index (χ4v) is 5.11. The summed E-state index contributed by atoms with van der Waals surface area (Å²) in [6, 6.07) is 28.2. The number of carbonyl (C=O) groups excluding carboxylic acids is 3. The summed E-state index contributed by atoms with van der Waals surface area (Å²) in [5.41, 5.74) is 2.14. The zero-order valence-corrected chi connectivity index (χ0v) is 26.3. The van der Waals surface area contributed by atoms with Gasteiger partial charge in [0.05, 0.1) is 26.1 Å². The standard InChI is InChI=1S/C35H35N3O6S/c1-5-44-28-18-14-26(15-19-28)36-33(39)23(2)45-29-20-16-27(17-21-29)37-35(41)30(38-34(40)24-10-7-6-8-11-24)22-25-12-9-13-31(42-3)32(25)43-4/h6-23H,5H2,1-4H3,(H,36,39)(H,37,41)(H,38,40)/b30-22-. The van der Waals surface area contributed by atoms with Crippen LogP contribution in [0, 0.1) is 0 Å². The van der Waals surface area contributed by atoms with Gasteiger partial charge in [-0.25, -0.2) is 0 Å². The van der Waals surface area contributed by atoms with Crippen molar-refractivity contribution in [3.63, 3.8) is 0 Å². The largest absolute Gasteiger partial charge is 0.494 e. The molecule has 4 aromatic carbocycles. The minimum atomic E-state index is -0.535. The number of nitrogens with one attached hydrogen (secondary N) is 3. The molecular formula is C35H35N3O6S. The summed E-state index contributed by atoms with van der Waals surface area (Å²) >= 11 is 1.39. The Morgan fingerprint density at radius 1 is 0.800 bits per heavy atom. The molecule has 0 saturated heterocycles. The number of carbonyl (C=O) groups is 3. The smallest absolute Gasteiger partial charge is 0.272 e. The van der Waals surface area contributed by atoms with Crippen LogP contribution in [0.4, 0.5) is 11.4 Å². The Morgan fingerprint density at radius 3 is 2.11 bits per heavy atom. The quantitative estimate of drug-likeness (QED) is 0.113. The number of benzene rings is 4. The molecule has 4 aromatic rings. The van der Waals surface area contributed by atoms with Gasteiger partial charge in [-0.3, -0.25) is 14.4 Å². The molecule has 0 radical (unpaired) electrons. The van der Waals surface area contributed by atoms with Crippen molar-refractivity contribution in [2.45, 2.75) is 24.0 Å². The molecule has 0 aliphatic rings. The van der Waals surface area contributed by atoms with E-state index in [0.717, 1.165) is 10.6 Å². The number of ether oxygens (including phenoxy) is 3. The predicted octanol–water partition coefficient (Wildman–Crippen LogP) is 6.63. The maximum Gasteiger partial charge on any atom is 0.272 e. The fraction of sp³-hybridized carbons (Fsp3) is 0.171. The third kappa shape index (κ3) is 9.14. The number of hydrogen-bond donors (Lipinski definition) is 3. The Morgan fingerprint density at radius 2 is 1.47 bits per heavy atom. The average Bonchev–Trinajstić information content (AvgIpc) is 3.06. The zero-order chi connectivity index (χ0) is 32.2. The van der Waals surface area contributed by atoms with Crippen molar-refractivity contribution in [1.82, 2.24) is 5.32 Å². The minimum Gasteiger partial charge on any atom is -0.494 e. The summed E-state index contributed by atoms with van der Waals surface area (Å²) in [7, 11) is 3.02. The molecular weight excluding hydrogens is 590 g/mol. The summed E-state index contributed by atoms with van der Waals surface area (Å²) in [4.78, 5) is 40.1. The second-order valence-corrected chi connectivity index (χ2v) is 11.1. The zero-order valence-electron chi connectivity index (χ0n) is 25.5. The van der Waals surface area contributed by atoms with Crippen LogP contribution in [0.25, 0.3) is 6.08 Å². The molecule has 3 amide bonds. The molecule has 3 N–H and O–H groups in total. The van der Waals surface area contributed by atoms with Crippen molar-refractivity contribution < 1.29 is 28.6 Å². The summed E-state index contributed by atoms with van der Waals surface area (Å²) in [5.74, 6) is 0.526. The normalized spacial score (nSPS) is 11.6. The van der Waals surface area contributed by atoms with Crippen molar-refractivity contribution in [3.8, 4) is 17.2 Å². The van der Waals surface area contributed by atoms with Gasteiger partial charge in [0.15, 0.2) is 11.5 Å². The van der Waals surface area contributed by atoms with E-state index in [0.29, 0.717) is 40.6 Å². The molecule has 0 spiro atoms. The highest BCUT2D eigenvalue weighted by molar-refractivity contribution is 8.00. The van der Waals surface area contributed by atoms with Gasteiger partial charge in [0.1, 0.15) is 11.4 Å². The lowest BCUT2D eigenvalue weighted by atomic mass is 10.1. The van der Waals surface area contributed by atoms with Crippen LogP contribution in [-0.4, -0.2) is 43.8 Å².